The highest BCUT2D eigenvalue weighted by Gasteiger charge is 2.36. The number of halogens is 6. The maximum absolute atomic E-state index is 13.7. The molecule has 0 N–H and O–H groups in total. The van der Waals surface area contributed by atoms with Gasteiger partial charge in [0.15, 0.2) is 16.7 Å². The lowest BCUT2D eigenvalue weighted by molar-refractivity contribution is -0.385. The number of nitro groups is 1. The zero-order chi connectivity index (χ0) is 32.5. The number of methoxy groups -OCH3 is 1. The minimum atomic E-state index is -4.78. The number of carbonyl (C=O) groups excluding carboxylic acids is 1. The van der Waals surface area contributed by atoms with Gasteiger partial charge in [0, 0.05) is 16.1 Å². The second-order valence-electron chi connectivity index (χ2n) is 9.17. The monoisotopic (exact) mass is 785 g/mol. The first-order valence-corrected chi connectivity index (χ1v) is 15.2. The molecule has 1 fully saturated rings. The Hall–Kier alpha value is -3.79. The van der Waals surface area contributed by atoms with Crippen molar-refractivity contribution in [2.75, 3.05) is 12.0 Å². The molecule has 0 aromatic heterocycles. The summed E-state index contributed by atoms with van der Waals surface area (Å²) in [6.45, 7) is 0. The van der Waals surface area contributed by atoms with E-state index in [9.17, 15) is 28.1 Å². The molecule has 0 bridgehead atoms. The van der Waals surface area contributed by atoms with Crippen molar-refractivity contribution in [2.24, 2.45) is 4.99 Å². The number of thioether (sulfide) groups is 1. The molecule has 45 heavy (non-hydrogen) atoms. The number of hydrogen-bond acceptors (Lipinski definition) is 7. The van der Waals surface area contributed by atoms with E-state index in [4.69, 9.17) is 32.7 Å². The number of carbonyl (C=O) groups is 1. The molecule has 0 radical (unpaired) electrons. The van der Waals surface area contributed by atoms with Crippen LogP contribution in [0.3, 0.4) is 0 Å². The van der Waals surface area contributed by atoms with E-state index >= 15 is 0 Å². The standard InChI is InChI=1S/C30H17Cl2F3IN3O5S/c1-43-25-13-16(12-22(36)27(25)44-24-11-2-17(30(33,34)35)15-23(24)39(41)42)14-26-28(40)38(21-9-5-19(32)6-10-21)29(45-26)37-20-7-3-18(31)4-8-20/h2-15H,1H3/b26-14-,37-29?. The van der Waals surface area contributed by atoms with E-state index in [2.05, 4.69) is 4.99 Å². The van der Waals surface area contributed by atoms with Crippen LogP contribution in [-0.2, 0) is 11.0 Å². The SMILES string of the molecule is COc1cc(/C=C2\SC(=Nc3ccc(Cl)cc3)N(c3ccc(Cl)cc3)C2=O)cc(I)c1Oc1ccc(C(F)(F)F)cc1[N+](=O)[O-]. The molecule has 1 aliphatic heterocycles. The molecule has 230 valence electrons. The highest BCUT2D eigenvalue weighted by Crippen LogP contribution is 2.44. The Bertz CT molecular complexity index is 1870. The molecule has 1 heterocycles. The van der Waals surface area contributed by atoms with Crippen LogP contribution >= 0.6 is 57.6 Å². The Morgan fingerprint density at radius 2 is 1.62 bits per heavy atom. The van der Waals surface area contributed by atoms with Gasteiger partial charge in [0.1, 0.15) is 0 Å². The number of rotatable bonds is 7. The molecular formula is C30H17Cl2F3IN3O5S. The minimum absolute atomic E-state index is 0.0429. The average Bonchev–Trinajstić information content (AvgIpc) is 3.29. The van der Waals surface area contributed by atoms with Gasteiger partial charge in [-0.2, -0.15) is 13.2 Å². The average molecular weight is 786 g/mol. The van der Waals surface area contributed by atoms with E-state index in [1.54, 1.807) is 60.7 Å². The molecule has 0 atom stereocenters. The van der Waals surface area contributed by atoms with Crippen molar-refractivity contribution in [2.45, 2.75) is 6.18 Å². The van der Waals surface area contributed by atoms with E-state index in [0.717, 1.165) is 17.8 Å². The Morgan fingerprint density at radius 3 is 2.22 bits per heavy atom. The number of amides is 1. The molecular weight excluding hydrogens is 769 g/mol. The summed E-state index contributed by atoms with van der Waals surface area (Å²) in [7, 11) is 1.34. The molecule has 8 nitrogen and oxygen atoms in total. The van der Waals surface area contributed by atoms with Crippen molar-refractivity contribution in [1.82, 2.24) is 0 Å². The highest BCUT2D eigenvalue weighted by atomic mass is 127. The van der Waals surface area contributed by atoms with Crippen LogP contribution in [-0.4, -0.2) is 23.1 Å². The third-order valence-electron chi connectivity index (χ3n) is 6.19. The molecule has 0 unspecified atom stereocenters. The first kappa shape index (κ1) is 32.6. The number of benzene rings is 4. The smallest absolute Gasteiger partial charge is 0.416 e. The minimum Gasteiger partial charge on any atom is -0.493 e. The molecule has 0 saturated carbocycles. The second-order valence-corrected chi connectivity index (χ2v) is 12.2. The summed E-state index contributed by atoms with van der Waals surface area (Å²) in [6, 6.07) is 18.7. The maximum atomic E-state index is 13.7. The van der Waals surface area contributed by atoms with Gasteiger partial charge in [-0.1, -0.05) is 23.2 Å². The van der Waals surface area contributed by atoms with Crippen molar-refractivity contribution in [3.05, 3.63) is 119 Å². The van der Waals surface area contributed by atoms with Gasteiger partial charge in [0.2, 0.25) is 5.75 Å². The van der Waals surface area contributed by atoms with Crippen molar-refractivity contribution < 1.29 is 32.4 Å². The number of hydrogen-bond donors (Lipinski definition) is 0. The van der Waals surface area contributed by atoms with Gasteiger partial charge in [-0.15, -0.1) is 0 Å². The number of nitrogens with zero attached hydrogens (tertiary/aromatic N) is 3. The Labute approximate surface area is 281 Å². The van der Waals surface area contributed by atoms with Crippen molar-refractivity contribution in [3.8, 4) is 17.2 Å². The van der Waals surface area contributed by atoms with E-state index in [0.29, 0.717) is 52.8 Å². The Balaban J connectivity index is 1.51. The molecule has 5 rings (SSSR count). The lowest BCUT2D eigenvalue weighted by Gasteiger charge is -2.16. The molecule has 4 aromatic rings. The summed E-state index contributed by atoms with van der Waals surface area (Å²) < 4.78 is 51.1. The molecule has 1 saturated heterocycles. The van der Waals surface area contributed by atoms with Gasteiger partial charge >= 0.3 is 11.9 Å². The van der Waals surface area contributed by atoms with E-state index in [-0.39, 0.29) is 17.4 Å². The largest absolute Gasteiger partial charge is 0.493 e. The van der Waals surface area contributed by atoms with Gasteiger partial charge in [0.05, 0.1) is 37.4 Å². The predicted molar refractivity (Wildman–Crippen MR) is 177 cm³/mol. The van der Waals surface area contributed by atoms with Gasteiger partial charge in [0.25, 0.3) is 5.91 Å². The van der Waals surface area contributed by atoms with Gasteiger partial charge in [-0.05, 0) is 119 Å². The van der Waals surface area contributed by atoms with Crippen LogP contribution in [0, 0.1) is 13.7 Å². The summed E-state index contributed by atoms with van der Waals surface area (Å²) in [5.74, 6) is -0.590. The summed E-state index contributed by atoms with van der Waals surface area (Å²) in [5, 5.41) is 13.0. The van der Waals surface area contributed by atoms with E-state index in [1.165, 1.54) is 18.1 Å². The molecule has 15 heteroatoms. The van der Waals surface area contributed by atoms with Crippen LogP contribution in [0.5, 0.6) is 17.2 Å². The fraction of sp³-hybridized carbons (Fsp3) is 0.0667. The Morgan fingerprint density at radius 1 is 0.978 bits per heavy atom. The van der Waals surface area contributed by atoms with Gasteiger partial charge in [-0.25, -0.2) is 4.99 Å². The van der Waals surface area contributed by atoms with Crippen LogP contribution < -0.4 is 14.4 Å². The first-order chi connectivity index (χ1) is 21.3. The third-order valence-corrected chi connectivity index (χ3v) is 8.46. The summed E-state index contributed by atoms with van der Waals surface area (Å²) in [5.41, 5.74) is -0.413. The second kappa shape index (κ2) is 13.3. The van der Waals surface area contributed by atoms with Crippen LogP contribution in [0.15, 0.2) is 88.8 Å². The number of alkyl halides is 3. The highest BCUT2D eigenvalue weighted by molar-refractivity contribution is 14.1. The number of anilines is 1. The number of amidine groups is 1. The number of ether oxygens (including phenoxy) is 2. The van der Waals surface area contributed by atoms with Gasteiger partial charge in [-0.3, -0.25) is 19.8 Å². The normalized spacial score (nSPS) is 15.2. The molecule has 1 aliphatic rings. The van der Waals surface area contributed by atoms with Crippen LogP contribution in [0.25, 0.3) is 6.08 Å². The zero-order valence-electron chi connectivity index (χ0n) is 22.6. The van der Waals surface area contributed by atoms with Crippen molar-refractivity contribution >= 4 is 91.8 Å². The maximum Gasteiger partial charge on any atom is 0.416 e. The quantitative estimate of drug-likeness (QED) is 0.0802. The molecule has 0 spiro atoms. The van der Waals surface area contributed by atoms with Crippen LogP contribution in [0.1, 0.15) is 11.1 Å². The number of aliphatic imine (C=N–C) groups is 1. The summed E-state index contributed by atoms with van der Waals surface area (Å²) >= 11 is 15.1. The Kier molecular flexibility index (Phi) is 9.63. The number of nitro benzene ring substituents is 1. The fourth-order valence-electron chi connectivity index (χ4n) is 4.10. The molecule has 1 amide bonds. The fourth-order valence-corrected chi connectivity index (χ4v) is 6.09. The van der Waals surface area contributed by atoms with Gasteiger partial charge < -0.3 is 9.47 Å². The zero-order valence-corrected chi connectivity index (χ0v) is 27.1. The van der Waals surface area contributed by atoms with Crippen LogP contribution in [0.2, 0.25) is 10.0 Å². The molecule has 0 aliphatic carbocycles. The summed E-state index contributed by atoms with van der Waals surface area (Å²) in [4.78, 5) is 30.7. The van der Waals surface area contributed by atoms with E-state index < -0.39 is 28.1 Å². The lowest BCUT2D eigenvalue weighted by atomic mass is 10.1. The van der Waals surface area contributed by atoms with E-state index in [1.807, 2.05) is 22.6 Å². The lowest BCUT2D eigenvalue weighted by Crippen LogP contribution is -2.28. The van der Waals surface area contributed by atoms with Crippen molar-refractivity contribution in [3.63, 3.8) is 0 Å². The molecule has 4 aromatic carbocycles. The topological polar surface area (TPSA) is 94.3 Å². The summed E-state index contributed by atoms with van der Waals surface area (Å²) in [6.07, 6.45) is -3.15. The predicted octanol–water partition coefficient (Wildman–Crippen LogP) is 10.1. The van der Waals surface area contributed by atoms with Crippen LogP contribution in [0.4, 0.5) is 30.2 Å². The first-order valence-electron chi connectivity index (χ1n) is 12.6. The third kappa shape index (κ3) is 7.38. The van der Waals surface area contributed by atoms with Crippen molar-refractivity contribution in [1.29, 1.82) is 0 Å².